The van der Waals surface area contributed by atoms with Crippen LogP contribution >= 0.6 is 15.6 Å². The summed E-state index contributed by atoms with van der Waals surface area (Å²) in [5.74, 6) is -3.82. The minimum atomic E-state index is -5.41. The van der Waals surface area contributed by atoms with Gasteiger partial charge in [0.25, 0.3) is 0 Å². The summed E-state index contributed by atoms with van der Waals surface area (Å²) in [6, 6.07) is 14.9. The van der Waals surface area contributed by atoms with Crippen molar-refractivity contribution in [2.24, 2.45) is 28.6 Å². The summed E-state index contributed by atoms with van der Waals surface area (Å²) in [6.07, 6.45) is 3.23. The molecule has 2 unspecified atom stereocenters. The number of carbonyl (C=O) groups is 2. The molecule has 7 rings (SSSR count). The topological polar surface area (TPSA) is 177 Å². The van der Waals surface area contributed by atoms with Gasteiger partial charge in [-0.25, -0.2) is 13.5 Å². The first kappa shape index (κ1) is 35.8. The SMILES string of the molecule is C[C@@H]1C[C@H]2[C@@H]3CCC4=CC(=O)C=C[C@]4(C)[C@@]3(F)[C@@H](O)C[C@]2(C)[C@@]1(O)C(=O)COP(=O)(O)OP(=O)(O)OCC1c2ccccc2-c2ccccc21. The molecule has 5 aliphatic carbocycles. The van der Waals surface area contributed by atoms with E-state index in [0.29, 0.717) is 12.0 Å². The van der Waals surface area contributed by atoms with E-state index in [1.54, 1.807) is 20.8 Å². The number of hydrogen-bond donors (Lipinski definition) is 4. The van der Waals surface area contributed by atoms with Crippen molar-refractivity contribution in [2.75, 3.05) is 13.2 Å². The second-order valence-corrected chi connectivity index (χ2v) is 17.9. The van der Waals surface area contributed by atoms with Gasteiger partial charge in [-0.1, -0.05) is 74.0 Å². The summed E-state index contributed by atoms with van der Waals surface area (Å²) in [6.45, 7) is 3.36. The van der Waals surface area contributed by atoms with Crippen molar-refractivity contribution in [1.29, 1.82) is 0 Å². The lowest BCUT2D eigenvalue weighted by Crippen LogP contribution is -2.69. The number of halogens is 1. The molecular weight excluding hydrogens is 689 g/mol. The number of rotatable bonds is 9. The third-order valence-corrected chi connectivity index (χ3v) is 15.2. The average molecular weight is 731 g/mol. The molecule has 0 bridgehead atoms. The highest BCUT2D eigenvalue weighted by Gasteiger charge is 2.75. The number of benzene rings is 2. The zero-order valence-electron chi connectivity index (χ0n) is 27.9. The number of hydrogen-bond acceptors (Lipinski definition) is 9. The second-order valence-electron chi connectivity index (χ2n) is 14.9. The molecule has 5 aliphatic rings. The summed E-state index contributed by atoms with van der Waals surface area (Å²) >= 11 is 0. The molecular formula is C36H41FO11P2. The van der Waals surface area contributed by atoms with E-state index in [-0.39, 0.29) is 31.7 Å². The van der Waals surface area contributed by atoms with Crippen LogP contribution in [-0.2, 0) is 32.1 Å². The maximum absolute atomic E-state index is 17.4. The fourth-order valence-electron chi connectivity index (χ4n) is 10.2. The minimum absolute atomic E-state index is 0.222. The normalized spacial score (nSPS) is 38.2. The highest BCUT2D eigenvalue weighted by Crippen LogP contribution is 2.71. The smallest absolute Gasteiger partial charge is 0.390 e. The van der Waals surface area contributed by atoms with Crippen LogP contribution in [-0.4, -0.2) is 62.2 Å². The van der Waals surface area contributed by atoms with Gasteiger partial charge >= 0.3 is 15.6 Å². The van der Waals surface area contributed by atoms with E-state index >= 15 is 4.39 Å². The Morgan fingerprint density at radius 1 is 0.980 bits per heavy atom. The number of aliphatic hydroxyl groups is 2. The van der Waals surface area contributed by atoms with Crippen molar-refractivity contribution in [3.8, 4) is 11.1 Å². The van der Waals surface area contributed by atoms with E-state index in [2.05, 4.69) is 4.31 Å². The molecule has 0 radical (unpaired) electrons. The standard InChI is InChI=1S/C36H41FO11P2/c1-21-16-30-29-13-12-22-17-23(38)14-15-33(22,2)35(29,37)31(39)18-34(30,3)36(21,41)32(40)20-47-50(44,45)48-49(42,43)46-19-28-26-10-6-4-8-24(26)25-9-5-7-11-27(25)28/h4-11,14-15,17,21,28-31,39,41H,12-13,16,18-20H2,1-3H3,(H,42,43)(H,44,45)/t21-,29+,30+,31+,33+,34+,35+,36+/m1/s1. The fraction of sp³-hybridized carbons (Fsp3) is 0.500. The zero-order valence-corrected chi connectivity index (χ0v) is 29.7. The molecule has 2 aromatic rings. The largest absolute Gasteiger partial charge is 0.481 e. The number of alkyl halides is 1. The van der Waals surface area contributed by atoms with Crippen molar-refractivity contribution in [3.05, 3.63) is 83.5 Å². The number of aliphatic hydroxyl groups excluding tert-OH is 1. The van der Waals surface area contributed by atoms with Gasteiger partial charge in [-0.2, -0.15) is 4.31 Å². The molecule has 0 aromatic heterocycles. The zero-order chi connectivity index (χ0) is 36.1. The first-order valence-electron chi connectivity index (χ1n) is 16.8. The molecule has 0 saturated heterocycles. The molecule has 50 heavy (non-hydrogen) atoms. The van der Waals surface area contributed by atoms with E-state index in [9.17, 15) is 38.7 Å². The van der Waals surface area contributed by atoms with Crippen LogP contribution in [0.5, 0.6) is 0 Å². The van der Waals surface area contributed by atoms with Crippen LogP contribution in [0.4, 0.5) is 4.39 Å². The number of ketones is 2. The lowest BCUT2D eigenvalue weighted by atomic mass is 9.44. The van der Waals surface area contributed by atoms with Crippen molar-refractivity contribution in [3.63, 3.8) is 0 Å². The second kappa shape index (κ2) is 12.0. The van der Waals surface area contributed by atoms with Crippen LogP contribution in [0, 0.1) is 28.6 Å². The minimum Gasteiger partial charge on any atom is -0.390 e. The van der Waals surface area contributed by atoms with Gasteiger partial charge in [0, 0.05) is 22.7 Å². The summed E-state index contributed by atoms with van der Waals surface area (Å²) in [5.41, 5.74) is -2.86. The van der Waals surface area contributed by atoms with Crippen LogP contribution in [0.2, 0.25) is 0 Å². The first-order valence-corrected chi connectivity index (χ1v) is 19.8. The van der Waals surface area contributed by atoms with Crippen LogP contribution in [0.1, 0.15) is 63.5 Å². The summed E-state index contributed by atoms with van der Waals surface area (Å²) in [5, 5.41) is 23.6. The average Bonchev–Trinajstić information content (AvgIpc) is 3.48. The monoisotopic (exact) mass is 730 g/mol. The quantitative estimate of drug-likeness (QED) is 0.224. The van der Waals surface area contributed by atoms with Gasteiger partial charge in [-0.15, -0.1) is 0 Å². The molecule has 0 heterocycles. The predicted octanol–water partition coefficient (Wildman–Crippen LogP) is 5.97. The van der Waals surface area contributed by atoms with Gasteiger partial charge in [0.15, 0.2) is 17.2 Å². The maximum atomic E-state index is 17.4. The summed E-state index contributed by atoms with van der Waals surface area (Å²) < 4.78 is 57.8. The number of carbonyl (C=O) groups excluding carboxylic acids is 2. The van der Waals surface area contributed by atoms with Gasteiger partial charge in [0.05, 0.1) is 12.7 Å². The Bertz CT molecular complexity index is 1880. The lowest BCUT2D eigenvalue weighted by molar-refractivity contribution is -0.219. The highest BCUT2D eigenvalue weighted by atomic mass is 31.3. The molecule has 14 heteroatoms. The molecule has 3 fully saturated rings. The lowest BCUT2D eigenvalue weighted by Gasteiger charge is -2.62. The molecule has 0 aliphatic heterocycles. The van der Waals surface area contributed by atoms with Gasteiger partial charge < -0.3 is 20.0 Å². The Morgan fingerprint density at radius 2 is 1.58 bits per heavy atom. The summed E-state index contributed by atoms with van der Waals surface area (Å²) in [4.78, 5) is 46.8. The van der Waals surface area contributed by atoms with Crippen LogP contribution in [0.15, 0.2) is 72.3 Å². The van der Waals surface area contributed by atoms with Crippen LogP contribution < -0.4 is 0 Å². The number of Topliss-reactive ketones (excluding diaryl/α,β-unsaturated/α-hetero) is 1. The maximum Gasteiger partial charge on any atom is 0.481 e. The van der Waals surface area contributed by atoms with Crippen molar-refractivity contribution in [2.45, 2.75) is 69.7 Å². The Kier molecular flexibility index (Phi) is 8.55. The van der Waals surface area contributed by atoms with E-state index in [1.165, 1.54) is 18.2 Å². The Labute approximate surface area is 289 Å². The molecule has 0 amide bonds. The molecule has 10 atom stereocenters. The fourth-order valence-corrected chi connectivity index (χ4v) is 12.2. The number of phosphoric acid groups is 2. The van der Waals surface area contributed by atoms with Gasteiger partial charge in [0.2, 0.25) is 0 Å². The first-order chi connectivity index (χ1) is 23.4. The van der Waals surface area contributed by atoms with Crippen molar-refractivity contribution in [1.82, 2.24) is 0 Å². The number of fused-ring (bicyclic) bond motifs is 8. The van der Waals surface area contributed by atoms with Gasteiger partial charge in [-0.3, -0.25) is 18.6 Å². The van der Waals surface area contributed by atoms with Crippen LogP contribution in [0.3, 0.4) is 0 Å². The number of phosphoric ester groups is 2. The van der Waals surface area contributed by atoms with Crippen molar-refractivity contribution >= 4 is 27.2 Å². The van der Waals surface area contributed by atoms with Gasteiger partial charge in [-0.05, 0) is 78.8 Å². The van der Waals surface area contributed by atoms with E-state index < -0.39 is 79.9 Å². The van der Waals surface area contributed by atoms with E-state index in [4.69, 9.17) is 9.05 Å². The molecule has 268 valence electrons. The molecule has 11 nitrogen and oxygen atoms in total. The molecule has 4 N–H and O–H groups in total. The van der Waals surface area contributed by atoms with Crippen molar-refractivity contribution < 1.29 is 56.5 Å². The predicted molar refractivity (Wildman–Crippen MR) is 179 cm³/mol. The Hall–Kier alpha value is -2.63. The third-order valence-electron chi connectivity index (χ3n) is 12.6. The van der Waals surface area contributed by atoms with E-state index in [0.717, 1.165) is 22.3 Å². The highest BCUT2D eigenvalue weighted by molar-refractivity contribution is 7.61. The molecule has 0 spiro atoms. The Morgan fingerprint density at radius 3 is 2.22 bits per heavy atom. The number of allylic oxidation sites excluding steroid dienone is 4. The molecule has 2 aromatic carbocycles. The molecule has 3 saturated carbocycles. The van der Waals surface area contributed by atoms with Gasteiger partial charge in [0.1, 0.15) is 12.2 Å². The van der Waals surface area contributed by atoms with Crippen LogP contribution in [0.25, 0.3) is 11.1 Å². The van der Waals surface area contributed by atoms with E-state index in [1.807, 2.05) is 48.5 Å². The Balaban J connectivity index is 1.04. The summed E-state index contributed by atoms with van der Waals surface area (Å²) in [7, 11) is -10.6. The third kappa shape index (κ3) is 5.18.